The van der Waals surface area contributed by atoms with E-state index in [1.165, 1.54) is 0 Å². The van der Waals surface area contributed by atoms with Gasteiger partial charge in [0, 0.05) is 34.2 Å². The minimum Gasteiger partial charge on any atom is -0.496 e. The molecular formula is C19H18BrClN4O2S. The molecule has 0 bridgehead atoms. The number of carbonyl (C=O) groups excluding carboxylic acids is 1. The van der Waals surface area contributed by atoms with Crippen molar-refractivity contribution in [3.8, 4) is 17.1 Å². The van der Waals surface area contributed by atoms with Crippen LogP contribution in [0.2, 0.25) is 5.02 Å². The number of aromatic nitrogens is 3. The van der Waals surface area contributed by atoms with Crippen molar-refractivity contribution in [2.24, 2.45) is 0 Å². The van der Waals surface area contributed by atoms with Crippen LogP contribution in [0, 0.1) is 4.77 Å². The summed E-state index contributed by atoms with van der Waals surface area (Å²) in [6, 6.07) is 12.9. The summed E-state index contributed by atoms with van der Waals surface area (Å²) in [6.07, 6.45) is 0. The van der Waals surface area contributed by atoms with Crippen LogP contribution < -0.4 is 4.74 Å². The van der Waals surface area contributed by atoms with Crippen molar-refractivity contribution in [3.05, 3.63) is 62.3 Å². The second-order valence-corrected chi connectivity index (χ2v) is 7.89. The Morgan fingerprint density at radius 2 is 2.04 bits per heavy atom. The Hall–Kier alpha value is -2.16. The zero-order valence-corrected chi connectivity index (χ0v) is 18.4. The maximum atomic E-state index is 12.8. The van der Waals surface area contributed by atoms with E-state index in [4.69, 9.17) is 28.6 Å². The monoisotopic (exact) mass is 480 g/mol. The zero-order chi connectivity index (χ0) is 20.3. The number of aromatic amines is 1. The SMILES string of the molecule is COc1ccc(Br)cc1CN(C)C(=O)Cn1c(-c2ccc(Cl)cc2)n[nH]c1=S. The van der Waals surface area contributed by atoms with E-state index in [0.29, 0.717) is 22.2 Å². The van der Waals surface area contributed by atoms with Gasteiger partial charge in [-0.3, -0.25) is 14.5 Å². The highest BCUT2D eigenvalue weighted by Gasteiger charge is 2.17. The Morgan fingerprint density at radius 3 is 2.71 bits per heavy atom. The fraction of sp³-hybridized carbons (Fsp3) is 0.211. The number of nitrogens with zero attached hydrogens (tertiary/aromatic N) is 3. The molecule has 1 heterocycles. The van der Waals surface area contributed by atoms with Gasteiger partial charge in [0.25, 0.3) is 0 Å². The van der Waals surface area contributed by atoms with Gasteiger partial charge in [-0.05, 0) is 54.7 Å². The first-order chi connectivity index (χ1) is 13.4. The topological polar surface area (TPSA) is 63.1 Å². The predicted octanol–water partition coefficient (Wildman–Crippen LogP) is 4.69. The molecule has 0 spiro atoms. The van der Waals surface area contributed by atoms with E-state index < -0.39 is 0 Å². The van der Waals surface area contributed by atoms with E-state index in [1.807, 2.05) is 30.3 Å². The molecule has 0 aliphatic heterocycles. The van der Waals surface area contributed by atoms with Gasteiger partial charge in [0.05, 0.1) is 7.11 Å². The van der Waals surface area contributed by atoms with Gasteiger partial charge in [-0.2, -0.15) is 5.10 Å². The van der Waals surface area contributed by atoms with E-state index in [-0.39, 0.29) is 12.5 Å². The molecule has 1 N–H and O–H groups in total. The number of H-pyrrole nitrogens is 1. The lowest BCUT2D eigenvalue weighted by Gasteiger charge is -2.20. The molecule has 146 valence electrons. The number of rotatable bonds is 6. The molecule has 6 nitrogen and oxygen atoms in total. The molecule has 2 aromatic carbocycles. The number of hydrogen-bond donors (Lipinski definition) is 1. The summed E-state index contributed by atoms with van der Waals surface area (Å²) in [6.45, 7) is 0.475. The van der Waals surface area contributed by atoms with Crippen molar-refractivity contribution >= 4 is 45.7 Å². The number of nitrogens with one attached hydrogen (secondary N) is 1. The molecule has 0 fully saturated rings. The van der Waals surface area contributed by atoms with Crippen LogP contribution in [0.3, 0.4) is 0 Å². The van der Waals surface area contributed by atoms with Crippen LogP contribution >= 0.6 is 39.7 Å². The number of methoxy groups -OCH3 is 1. The van der Waals surface area contributed by atoms with Gasteiger partial charge in [0.2, 0.25) is 5.91 Å². The third kappa shape index (κ3) is 4.63. The summed E-state index contributed by atoms with van der Waals surface area (Å²) < 4.78 is 8.37. The molecule has 0 atom stereocenters. The molecule has 0 aliphatic carbocycles. The van der Waals surface area contributed by atoms with Crippen LogP contribution in [0.4, 0.5) is 0 Å². The molecule has 1 amide bonds. The lowest BCUT2D eigenvalue weighted by Crippen LogP contribution is -2.30. The Morgan fingerprint density at radius 1 is 1.32 bits per heavy atom. The van der Waals surface area contributed by atoms with Gasteiger partial charge >= 0.3 is 0 Å². The lowest BCUT2D eigenvalue weighted by molar-refractivity contribution is -0.131. The van der Waals surface area contributed by atoms with Gasteiger partial charge in [0.1, 0.15) is 12.3 Å². The Labute approximate surface area is 181 Å². The predicted molar refractivity (Wildman–Crippen MR) is 115 cm³/mol. The molecule has 0 unspecified atom stereocenters. The van der Waals surface area contributed by atoms with Crippen LogP contribution in [0.1, 0.15) is 5.56 Å². The Bertz CT molecular complexity index is 1050. The van der Waals surface area contributed by atoms with Crippen LogP contribution in [0.25, 0.3) is 11.4 Å². The second kappa shape index (κ2) is 8.89. The maximum Gasteiger partial charge on any atom is 0.242 e. The highest BCUT2D eigenvalue weighted by atomic mass is 79.9. The third-order valence-corrected chi connectivity index (χ3v) is 5.29. The van der Waals surface area contributed by atoms with Crippen molar-refractivity contribution in [1.82, 2.24) is 19.7 Å². The van der Waals surface area contributed by atoms with E-state index in [0.717, 1.165) is 21.3 Å². The van der Waals surface area contributed by atoms with E-state index in [1.54, 1.807) is 35.8 Å². The summed E-state index contributed by atoms with van der Waals surface area (Å²) in [5.74, 6) is 1.21. The molecule has 28 heavy (non-hydrogen) atoms. The number of amides is 1. The second-order valence-electron chi connectivity index (χ2n) is 6.15. The van der Waals surface area contributed by atoms with Gasteiger partial charge in [-0.25, -0.2) is 0 Å². The van der Waals surface area contributed by atoms with Gasteiger partial charge in [0.15, 0.2) is 10.6 Å². The summed E-state index contributed by atoms with van der Waals surface area (Å²) in [4.78, 5) is 14.5. The van der Waals surface area contributed by atoms with E-state index in [9.17, 15) is 4.79 Å². The molecule has 0 saturated heterocycles. The number of carbonyl (C=O) groups is 1. The number of likely N-dealkylation sites (N-methyl/N-ethyl adjacent to an activating group) is 1. The number of benzene rings is 2. The fourth-order valence-electron chi connectivity index (χ4n) is 2.75. The summed E-state index contributed by atoms with van der Waals surface area (Å²) in [7, 11) is 3.35. The van der Waals surface area contributed by atoms with Gasteiger partial charge in [-0.15, -0.1) is 0 Å². The first kappa shape index (κ1) is 20.6. The molecule has 3 aromatic rings. The zero-order valence-electron chi connectivity index (χ0n) is 15.3. The quantitative estimate of drug-likeness (QED) is 0.519. The number of ether oxygens (including phenoxy) is 1. The lowest BCUT2D eigenvalue weighted by atomic mass is 10.2. The van der Waals surface area contributed by atoms with E-state index >= 15 is 0 Å². The van der Waals surface area contributed by atoms with Crippen LogP contribution in [-0.4, -0.2) is 39.7 Å². The smallest absolute Gasteiger partial charge is 0.242 e. The van der Waals surface area contributed by atoms with Crippen molar-refractivity contribution in [3.63, 3.8) is 0 Å². The van der Waals surface area contributed by atoms with Crippen molar-refractivity contribution in [1.29, 1.82) is 0 Å². The van der Waals surface area contributed by atoms with Crippen LogP contribution in [0.15, 0.2) is 46.9 Å². The molecule has 3 rings (SSSR count). The highest BCUT2D eigenvalue weighted by Crippen LogP contribution is 2.24. The van der Waals surface area contributed by atoms with Crippen LogP contribution in [-0.2, 0) is 17.9 Å². The molecule has 0 radical (unpaired) electrons. The van der Waals surface area contributed by atoms with Crippen molar-refractivity contribution in [2.75, 3.05) is 14.2 Å². The first-order valence-electron chi connectivity index (χ1n) is 8.36. The van der Waals surface area contributed by atoms with Gasteiger partial charge in [-0.1, -0.05) is 27.5 Å². The number of halogens is 2. The first-order valence-corrected chi connectivity index (χ1v) is 9.94. The fourth-order valence-corrected chi connectivity index (χ4v) is 3.49. The molecule has 9 heteroatoms. The highest BCUT2D eigenvalue weighted by molar-refractivity contribution is 9.10. The van der Waals surface area contributed by atoms with E-state index in [2.05, 4.69) is 26.1 Å². The molecular weight excluding hydrogens is 464 g/mol. The van der Waals surface area contributed by atoms with Gasteiger partial charge < -0.3 is 9.64 Å². The summed E-state index contributed by atoms with van der Waals surface area (Å²) in [5.41, 5.74) is 1.72. The summed E-state index contributed by atoms with van der Waals surface area (Å²) >= 11 is 14.7. The standard InChI is InChI=1S/C19H18BrClN4O2S/c1-24(10-13-9-14(20)5-8-16(13)27-2)17(26)11-25-18(22-23-19(25)28)12-3-6-15(21)7-4-12/h3-9H,10-11H2,1-2H3,(H,23,28). The Balaban J connectivity index is 1.80. The minimum absolute atomic E-state index is 0.0696. The molecule has 0 aliphatic rings. The molecule has 0 saturated carbocycles. The Kier molecular flexibility index (Phi) is 6.53. The largest absolute Gasteiger partial charge is 0.496 e. The third-order valence-electron chi connectivity index (χ3n) is 4.23. The average Bonchev–Trinajstić information content (AvgIpc) is 3.03. The molecule has 1 aromatic heterocycles. The van der Waals surface area contributed by atoms with Crippen molar-refractivity contribution in [2.45, 2.75) is 13.1 Å². The summed E-state index contributed by atoms with van der Waals surface area (Å²) in [5, 5.41) is 7.64. The minimum atomic E-state index is -0.102. The normalized spacial score (nSPS) is 10.7. The maximum absolute atomic E-state index is 12.8. The van der Waals surface area contributed by atoms with Crippen LogP contribution in [0.5, 0.6) is 5.75 Å². The number of hydrogen-bond acceptors (Lipinski definition) is 4. The van der Waals surface area contributed by atoms with Crippen molar-refractivity contribution < 1.29 is 9.53 Å². The average molecular weight is 482 g/mol.